The van der Waals surface area contributed by atoms with E-state index >= 15 is 0 Å². The lowest BCUT2D eigenvalue weighted by atomic mass is 9.74. The SMILES string of the molecule is CCC1CNC2=CC(O)CC(CC)C21. The van der Waals surface area contributed by atoms with E-state index in [1.165, 1.54) is 18.5 Å². The second-order valence-corrected chi connectivity index (χ2v) is 4.67. The molecule has 0 saturated carbocycles. The van der Waals surface area contributed by atoms with E-state index in [9.17, 15) is 5.11 Å². The molecule has 2 heteroatoms. The molecule has 1 fully saturated rings. The van der Waals surface area contributed by atoms with Gasteiger partial charge in [-0.1, -0.05) is 26.7 Å². The van der Waals surface area contributed by atoms with Gasteiger partial charge in [-0.05, 0) is 24.3 Å². The zero-order chi connectivity index (χ0) is 10.1. The molecule has 0 amide bonds. The average molecular weight is 195 g/mol. The smallest absolute Gasteiger partial charge is 0.0743 e. The van der Waals surface area contributed by atoms with Crippen LogP contribution >= 0.6 is 0 Å². The number of hydrogen-bond acceptors (Lipinski definition) is 2. The summed E-state index contributed by atoms with van der Waals surface area (Å²) in [6, 6.07) is 0. The number of allylic oxidation sites excluding steroid dienone is 1. The highest BCUT2D eigenvalue weighted by Gasteiger charge is 2.38. The van der Waals surface area contributed by atoms with Gasteiger partial charge in [-0.3, -0.25) is 0 Å². The molecule has 4 atom stereocenters. The number of aliphatic hydroxyl groups excluding tert-OH is 1. The van der Waals surface area contributed by atoms with Crippen LogP contribution in [-0.2, 0) is 0 Å². The number of aliphatic hydroxyl groups is 1. The van der Waals surface area contributed by atoms with Crippen molar-refractivity contribution in [1.29, 1.82) is 0 Å². The van der Waals surface area contributed by atoms with Crippen molar-refractivity contribution in [1.82, 2.24) is 5.32 Å². The van der Waals surface area contributed by atoms with Crippen molar-refractivity contribution >= 4 is 0 Å². The van der Waals surface area contributed by atoms with Crippen molar-refractivity contribution in [2.24, 2.45) is 17.8 Å². The lowest BCUT2D eigenvalue weighted by Gasteiger charge is -2.32. The fourth-order valence-corrected chi connectivity index (χ4v) is 3.11. The van der Waals surface area contributed by atoms with Crippen LogP contribution in [0.5, 0.6) is 0 Å². The third kappa shape index (κ3) is 1.56. The van der Waals surface area contributed by atoms with Gasteiger partial charge in [0.05, 0.1) is 6.10 Å². The highest BCUT2D eigenvalue weighted by Crippen LogP contribution is 2.41. The molecule has 1 heterocycles. The summed E-state index contributed by atoms with van der Waals surface area (Å²) in [6.45, 7) is 5.62. The van der Waals surface area contributed by atoms with Crippen LogP contribution in [0.1, 0.15) is 33.1 Å². The second-order valence-electron chi connectivity index (χ2n) is 4.67. The first-order chi connectivity index (χ1) is 6.76. The van der Waals surface area contributed by atoms with Crippen molar-refractivity contribution < 1.29 is 5.11 Å². The van der Waals surface area contributed by atoms with Crippen molar-refractivity contribution in [3.05, 3.63) is 11.8 Å². The van der Waals surface area contributed by atoms with Crippen molar-refractivity contribution in [3.63, 3.8) is 0 Å². The van der Waals surface area contributed by atoms with Crippen LogP contribution in [-0.4, -0.2) is 17.8 Å². The van der Waals surface area contributed by atoms with E-state index < -0.39 is 0 Å². The Morgan fingerprint density at radius 3 is 2.71 bits per heavy atom. The molecule has 14 heavy (non-hydrogen) atoms. The maximum Gasteiger partial charge on any atom is 0.0743 e. The van der Waals surface area contributed by atoms with Crippen LogP contribution in [0.3, 0.4) is 0 Å². The third-order valence-corrected chi connectivity index (χ3v) is 3.91. The van der Waals surface area contributed by atoms with Crippen molar-refractivity contribution in [2.45, 2.75) is 39.2 Å². The van der Waals surface area contributed by atoms with Crippen molar-refractivity contribution in [2.75, 3.05) is 6.54 Å². The zero-order valence-electron chi connectivity index (χ0n) is 9.16. The fraction of sp³-hybridized carbons (Fsp3) is 0.833. The van der Waals surface area contributed by atoms with Gasteiger partial charge in [0.15, 0.2) is 0 Å². The molecule has 0 spiro atoms. The lowest BCUT2D eigenvalue weighted by molar-refractivity contribution is 0.139. The van der Waals surface area contributed by atoms with E-state index in [1.807, 2.05) is 6.08 Å². The van der Waals surface area contributed by atoms with Gasteiger partial charge in [0.1, 0.15) is 0 Å². The molecule has 0 aromatic heterocycles. The molecule has 0 bridgehead atoms. The number of hydrogen-bond donors (Lipinski definition) is 2. The van der Waals surface area contributed by atoms with Crippen LogP contribution in [0.15, 0.2) is 11.8 Å². The summed E-state index contributed by atoms with van der Waals surface area (Å²) in [7, 11) is 0. The predicted molar refractivity (Wildman–Crippen MR) is 57.8 cm³/mol. The lowest BCUT2D eigenvalue weighted by Crippen LogP contribution is -2.29. The largest absolute Gasteiger partial charge is 0.389 e. The maximum atomic E-state index is 9.70. The Morgan fingerprint density at radius 2 is 2.07 bits per heavy atom. The van der Waals surface area contributed by atoms with Crippen LogP contribution in [0.2, 0.25) is 0 Å². The highest BCUT2D eigenvalue weighted by molar-refractivity contribution is 5.18. The molecule has 2 nitrogen and oxygen atoms in total. The molecule has 2 aliphatic rings. The van der Waals surface area contributed by atoms with E-state index in [0.29, 0.717) is 11.8 Å². The minimum Gasteiger partial charge on any atom is -0.389 e. The summed E-state index contributed by atoms with van der Waals surface area (Å²) in [5, 5.41) is 13.2. The Bertz CT molecular complexity index is 236. The van der Waals surface area contributed by atoms with Gasteiger partial charge in [0.25, 0.3) is 0 Å². The summed E-state index contributed by atoms with van der Waals surface area (Å²) < 4.78 is 0. The second kappa shape index (κ2) is 3.93. The Hall–Kier alpha value is -0.500. The van der Waals surface area contributed by atoms with E-state index in [2.05, 4.69) is 19.2 Å². The van der Waals surface area contributed by atoms with Crippen LogP contribution in [0, 0.1) is 17.8 Å². The Labute approximate surface area is 86.4 Å². The predicted octanol–water partition coefficient (Wildman–Crippen LogP) is 1.91. The third-order valence-electron chi connectivity index (χ3n) is 3.91. The normalized spacial score (nSPS) is 41.5. The minimum absolute atomic E-state index is 0.214. The van der Waals surface area contributed by atoms with E-state index in [0.717, 1.165) is 18.9 Å². The molecule has 80 valence electrons. The summed E-state index contributed by atoms with van der Waals surface area (Å²) in [5.41, 5.74) is 1.32. The molecule has 1 aliphatic carbocycles. The van der Waals surface area contributed by atoms with Crippen LogP contribution < -0.4 is 5.32 Å². The standard InChI is InChI=1S/C12H21NO/c1-3-8-5-10(14)6-11-12(8)9(4-2)7-13-11/h6,8-10,12-14H,3-5,7H2,1-2H3. The number of rotatable bonds is 2. The maximum absolute atomic E-state index is 9.70. The quantitative estimate of drug-likeness (QED) is 0.705. The summed E-state index contributed by atoms with van der Waals surface area (Å²) in [4.78, 5) is 0. The summed E-state index contributed by atoms with van der Waals surface area (Å²) in [5.74, 6) is 2.18. The Morgan fingerprint density at radius 1 is 1.36 bits per heavy atom. The van der Waals surface area contributed by atoms with Gasteiger partial charge in [0.2, 0.25) is 0 Å². The highest BCUT2D eigenvalue weighted by atomic mass is 16.3. The molecule has 0 radical (unpaired) electrons. The van der Waals surface area contributed by atoms with Gasteiger partial charge in [-0.15, -0.1) is 0 Å². The Balaban J connectivity index is 2.20. The van der Waals surface area contributed by atoms with E-state index in [4.69, 9.17) is 0 Å². The number of nitrogens with one attached hydrogen (secondary N) is 1. The molecular weight excluding hydrogens is 174 g/mol. The molecule has 0 aromatic carbocycles. The monoisotopic (exact) mass is 195 g/mol. The summed E-state index contributed by atoms with van der Waals surface area (Å²) in [6.07, 6.45) is 5.23. The zero-order valence-corrected chi connectivity index (χ0v) is 9.16. The first-order valence-electron chi connectivity index (χ1n) is 5.89. The van der Waals surface area contributed by atoms with Gasteiger partial charge < -0.3 is 10.4 Å². The van der Waals surface area contributed by atoms with Crippen molar-refractivity contribution in [3.8, 4) is 0 Å². The molecular formula is C12H21NO. The fourth-order valence-electron chi connectivity index (χ4n) is 3.11. The van der Waals surface area contributed by atoms with Crippen LogP contribution in [0.25, 0.3) is 0 Å². The average Bonchev–Trinajstić information content (AvgIpc) is 2.59. The molecule has 4 unspecified atom stereocenters. The topological polar surface area (TPSA) is 32.3 Å². The van der Waals surface area contributed by atoms with E-state index in [-0.39, 0.29) is 6.10 Å². The molecule has 0 aromatic rings. The van der Waals surface area contributed by atoms with Crippen LogP contribution in [0.4, 0.5) is 0 Å². The van der Waals surface area contributed by atoms with E-state index in [1.54, 1.807) is 0 Å². The molecule has 2 rings (SSSR count). The number of fused-ring (bicyclic) bond motifs is 1. The first kappa shape index (κ1) is 10.0. The van der Waals surface area contributed by atoms with Gasteiger partial charge in [-0.25, -0.2) is 0 Å². The molecule has 1 aliphatic heterocycles. The van der Waals surface area contributed by atoms with Gasteiger partial charge in [0, 0.05) is 18.2 Å². The molecule has 1 saturated heterocycles. The molecule has 2 N–H and O–H groups in total. The first-order valence-corrected chi connectivity index (χ1v) is 5.89. The Kier molecular flexibility index (Phi) is 2.82. The minimum atomic E-state index is -0.214. The van der Waals surface area contributed by atoms with Gasteiger partial charge in [-0.2, -0.15) is 0 Å². The summed E-state index contributed by atoms with van der Waals surface area (Å²) >= 11 is 0. The van der Waals surface area contributed by atoms with Gasteiger partial charge >= 0.3 is 0 Å².